The van der Waals surface area contributed by atoms with Crippen LogP contribution >= 0.6 is 51.3 Å². The van der Waals surface area contributed by atoms with Crippen molar-refractivity contribution in [2.24, 2.45) is 0 Å². The number of thiophene rings is 1. The van der Waals surface area contributed by atoms with Crippen molar-refractivity contribution in [2.45, 2.75) is 4.90 Å². The first-order valence-corrected chi connectivity index (χ1v) is 7.53. The van der Waals surface area contributed by atoms with Gasteiger partial charge in [-0.3, -0.25) is 0 Å². The van der Waals surface area contributed by atoms with E-state index in [-0.39, 0.29) is 21.6 Å². The topological polar surface area (TPSA) is 58.2 Å². The second-order valence-corrected chi connectivity index (χ2v) is 7.46. The standard InChI is InChI=1S/C7H10BrClN2O2S2.ClH/c1-10-2-3-11-15(12,13)5-4-6(8)14-7(5)9;/h4,10-11H,2-3H2,1H3;1H. The number of nitrogens with one attached hydrogen (secondary N) is 2. The quantitative estimate of drug-likeness (QED) is 0.781. The largest absolute Gasteiger partial charge is 0.318 e. The fourth-order valence-electron chi connectivity index (χ4n) is 0.897. The predicted octanol–water partition coefficient (Wildman–Crippen LogP) is 2.08. The van der Waals surface area contributed by atoms with E-state index < -0.39 is 10.0 Å². The molecule has 0 saturated heterocycles. The molecular weight excluding hydrogens is 359 g/mol. The molecule has 94 valence electrons. The van der Waals surface area contributed by atoms with Gasteiger partial charge in [0.1, 0.15) is 9.23 Å². The zero-order chi connectivity index (χ0) is 11.5. The average molecular weight is 370 g/mol. The number of hydrogen-bond acceptors (Lipinski definition) is 4. The van der Waals surface area contributed by atoms with Crippen LogP contribution in [0.25, 0.3) is 0 Å². The highest BCUT2D eigenvalue weighted by Gasteiger charge is 2.19. The van der Waals surface area contributed by atoms with Gasteiger partial charge in [0.15, 0.2) is 0 Å². The van der Waals surface area contributed by atoms with Crippen LogP contribution < -0.4 is 10.0 Å². The van der Waals surface area contributed by atoms with Gasteiger partial charge in [0.25, 0.3) is 0 Å². The van der Waals surface area contributed by atoms with Crippen molar-refractivity contribution in [3.8, 4) is 0 Å². The summed E-state index contributed by atoms with van der Waals surface area (Å²) in [5, 5.41) is 2.84. The van der Waals surface area contributed by atoms with E-state index in [1.165, 1.54) is 17.4 Å². The summed E-state index contributed by atoms with van der Waals surface area (Å²) in [7, 11) is -1.73. The van der Waals surface area contributed by atoms with Gasteiger partial charge in [0.2, 0.25) is 10.0 Å². The Hall–Kier alpha value is 0.630. The highest BCUT2D eigenvalue weighted by molar-refractivity contribution is 9.11. The summed E-state index contributed by atoms with van der Waals surface area (Å²) in [5.41, 5.74) is 0. The van der Waals surface area contributed by atoms with E-state index in [1.54, 1.807) is 7.05 Å². The highest BCUT2D eigenvalue weighted by Crippen LogP contribution is 2.34. The van der Waals surface area contributed by atoms with Gasteiger partial charge in [-0.15, -0.1) is 23.7 Å². The molecule has 9 heteroatoms. The van der Waals surface area contributed by atoms with E-state index in [2.05, 4.69) is 26.0 Å². The molecule has 0 radical (unpaired) electrons. The SMILES string of the molecule is CNCCNS(=O)(=O)c1cc(Br)sc1Cl.Cl. The lowest BCUT2D eigenvalue weighted by Gasteiger charge is -2.04. The van der Waals surface area contributed by atoms with E-state index >= 15 is 0 Å². The molecule has 2 N–H and O–H groups in total. The first kappa shape index (κ1) is 16.6. The van der Waals surface area contributed by atoms with Crippen molar-refractivity contribution in [1.29, 1.82) is 0 Å². The summed E-state index contributed by atoms with van der Waals surface area (Å²) < 4.78 is 26.8. The lowest BCUT2D eigenvalue weighted by molar-refractivity contribution is 0.580. The molecule has 0 aliphatic rings. The first-order valence-electron chi connectivity index (χ1n) is 4.06. The van der Waals surface area contributed by atoms with Gasteiger partial charge in [-0.2, -0.15) is 0 Å². The normalized spacial score (nSPS) is 11.2. The highest BCUT2D eigenvalue weighted by atomic mass is 79.9. The molecule has 0 aromatic carbocycles. The van der Waals surface area contributed by atoms with Crippen LogP contribution in [0, 0.1) is 0 Å². The van der Waals surface area contributed by atoms with Gasteiger partial charge in [-0.1, -0.05) is 11.6 Å². The molecular formula is C7H11BrCl2N2O2S2. The van der Waals surface area contributed by atoms with Gasteiger partial charge in [-0.05, 0) is 29.0 Å². The molecule has 0 saturated carbocycles. The monoisotopic (exact) mass is 368 g/mol. The number of rotatable bonds is 5. The zero-order valence-corrected chi connectivity index (χ0v) is 13.1. The van der Waals surface area contributed by atoms with Crippen molar-refractivity contribution in [3.05, 3.63) is 14.2 Å². The third kappa shape index (κ3) is 4.48. The van der Waals surface area contributed by atoms with Crippen molar-refractivity contribution >= 4 is 61.3 Å². The second kappa shape index (κ2) is 7.15. The van der Waals surface area contributed by atoms with Gasteiger partial charge in [0.05, 0.1) is 3.79 Å². The van der Waals surface area contributed by atoms with Gasteiger partial charge in [0, 0.05) is 13.1 Å². The third-order valence-electron chi connectivity index (χ3n) is 1.58. The molecule has 0 bridgehead atoms. The molecule has 0 atom stereocenters. The summed E-state index contributed by atoms with van der Waals surface area (Å²) in [4.78, 5) is 0.122. The fourth-order valence-corrected chi connectivity index (χ4v) is 4.70. The van der Waals surface area contributed by atoms with Crippen LogP contribution in [0.15, 0.2) is 14.7 Å². The maximum atomic E-state index is 11.7. The van der Waals surface area contributed by atoms with E-state index in [1.807, 2.05) is 0 Å². The molecule has 0 aliphatic heterocycles. The van der Waals surface area contributed by atoms with E-state index in [4.69, 9.17) is 11.6 Å². The lowest BCUT2D eigenvalue weighted by Crippen LogP contribution is -2.30. The minimum absolute atomic E-state index is 0. The number of halogens is 3. The average Bonchev–Trinajstić information content (AvgIpc) is 2.46. The molecule has 0 fully saturated rings. The molecule has 0 unspecified atom stereocenters. The Balaban J connectivity index is 0.00000225. The summed E-state index contributed by atoms with van der Waals surface area (Å²) in [6.45, 7) is 0.908. The Morgan fingerprint density at radius 2 is 2.12 bits per heavy atom. The Labute approximate surface area is 118 Å². The second-order valence-electron chi connectivity index (χ2n) is 2.69. The Kier molecular flexibility index (Phi) is 7.43. The zero-order valence-electron chi connectivity index (χ0n) is 8.29. The first-order chi connectivity index (χ1) is 6.97. The number of likely N-dealkylation sites (N-methyl/N-ethyl adjacent to an activating group) is 1. The molecule has 1 rings (SSSR count). The predicted molar refractivity (Wildman–Crippen MR) is 73.4 cm³/mol. The Morgan fingerprint density at radius 1 is 1.50 bits per heavy atom. The Bertz CT molecular complexity index is 436. The minimum Gasteiger partial charge on any atom is -0.318 e. The van der Waals surface area contributed by atoms with Gasteiger partial charge < -0.3 is 5.32 Å². The Morgan fingerprint density at radius 3 is 2.56 bits per heavy atom. The maximum Gasteiger partial charge on any atom is 0.242 e. The van der Waals surface area contributed by atoms with Crippen LogP contribution in [0.1, 0.15) is 0 Å². The maximum absolute atomic E-state index is 11.7. The number of hydrogen-bond donors (Lipinski definition) is 2. The van der Waals surface area contributed by atoms with Crippen LogP contribution in [0.4, 0.5) is 0 Å². The van der Waals surface area contributed by atoms with Crippen LogP contribution in [0.2, 0.25) is 4.34 Å². The van der Waals surface area contributed by atoms with E-state index in [0.29, 0.717) is 16.9 Å². The van der Waals surface area contributed by atoms with Gasteiger partial charge in [-0.25, -0.2) is 13.1 Å². The molecule has 0 amide bonds. The molecule has 1 aromatic heterocycles. The minimum atomic E-state index is -3.48. The third-order valence-corrected chi connectivity index (χ3v) is 5.17. The molecule has 1 heterocycles. The molecule has 0 aliphatic carbocycles. The summed E-state index contributed by atoms with van der Waals surface area (Å²) in [6, 6.07) is 1.49. The van der Waals surface area contributed by atoms with E-state index in [9.17, 15) is 8.42 Å². The lowest BCUT2D eigenvalue weighted by atomic mass is 10.7. The van der Waals surface area contributed by atoms with Crippen LogP contribution in [-0.4, -0.2) is 28.6 Å². The fraction of sp³-hybridized carbons (Fsp3) is 0.429. The van der Waals surface area contributed by atoms with Crippen molar-refractivity contribution in [3.63, 3.8) is 0 Å². The smallest absolute Gasteiger partial charge is 0.242 e. The van der Waals surface area contributed by atoms with Crippen molar-refractivity contribution in [2.75, 3.05) is 20.1 Å². The summed E-state index contributed by atoms with van der Waals surface area (Å²) >= 11 is 10.2. The van der Waals surface area contributed by atoms with Gasteiger partial charge >= 0.3 is 0 Å². The number of sulfonamides is 1. The van der Waals surface area contributed by atoms with Crippen molar-refractivity contribution in [1.82, 2.24) is 10.0 Å². The molecule has 0 spiro atoms. The van der Waals surface area contributed by atoms with E-state index in [0.717, 1.165) is 0 Å². The summed E-state index contributed by atoms with van der Waals surface area (Å²) in [6.07, 6.45) is 0. The van der Waals surface area contributed by atoms with Crippen LogP contribution in [0.5, 0.6) is 0 Å². The van der Waals surface area contributed by atoms with Crippen LogP contribution in [-0.2, 0) is 10.0 Å². The summed E-state index contributed by atoms with van der Waals surface area (Å²) in [5.74, 6) is 0. The molecule has 1 aromatic rings. The van der Waals surface area contributed by atoms with Crippen molar-refractivity contribution < 1.29 is 8.42 Å². The van der Waals surface area contributed by atoms with Crippen LogP contribution in [0.3, 0.4) is 0 Å². The molecule has 16 heavy (non-hydrogen) atoms. The molecule has 4 nitrogen and oxygen atoms in total.